The molecule has 1 heterocycles. The third kappa shape index (κ3) is 1.48. The predicted octanol–water partition coefficient (Wildman–Crippen LogP) is 3.39. The van der Waals surface area contributed by atoms with Crippen LogP contribution in [0.2, 0.25) is 0 Å². The molecule has 0 bridgehead atoms. The molecule has 2 aromatic rings. The molecule has 74 valence electrons. The third-order valence-corrected chi connectivity index (χ3v) is 3.88. The van der Waals surface area contributed by atoms with Gasteiger partial charge in [0.05, 0.1) is 12.8 Å². The van der Waals surface area contributed by atoms with Crippen molar-refractivity contribution in [2.24, 2.45) is 0 Å². The van der Waals surface area contributed by atoms with Crippen molar-refractivity contribution in [3.63, 3.8) is 0 Å². The molecule has 2 nitrogen and oxygen atoms in total. The Morgan fingerprint density at radius 3 is 2.93 bits per heavy atom. The van der Waals surface area contributed by atoms with Crippen molar-refractivity contribution >= 4 is 43.0 Å². The van der Waals surface area contributed by atoms with E-state index in [1.807, 2.05) is 6.07 Å². The van der Waals surface area contributed by atoms with E-state index in [0.717, 1.165) is 21.5 Å². The maximum absolute atomic E-state index is 5.91. The number of alkyl halides is 1. The molecular weight excluding hydrogens is 262 g/mol. The van der Waals surface area contributed by atoms with Gasteiger partial charge in [-0.3, -0.25) is 0 Å². The number of rotatable bonds is 2. The number of hydrogen-bond acceptors (Lipinski definition) is 3. The van der Waals surface area contributed by atoms with Crippen LogP contribution < -0.4 is 10.5 Å². The van der Waals surface area contributed by atoms with E-state index in [2.05, 4.69) is 28.1 Å². The zero-order chi connectivity index (χ0) is 10.1. The number of halogens is 1. The Morgan fingerprint density at radius 2 is 2.29 bits per heavy atom. The lowest BCUT2D eigenvalue weighted by Crippen LogP contribution is -1.86. The molecule has 1 aromatic carbocycles. The summed E-state index contributed by atoms with van der Waals surface area (Å²) < 4.78 is 6.36. The van der Waals surface area contributed by atoms with Crippen LogP contribution >= 0.6 is 27.3 Å². The van der Waals surface area contributed by atoms with E-state index in [1.165, 1.54) is 10.3 Å². The molecule has 0 unspecified atom stereocenters. The molecule has 0 saturated carbocycles. The first-order valence-corrected chi connectivity index (χ1v) is 6.11. The molecule has 0 aliphatic rings. The molecule has 0 fully saturated rings. The third-order valence-electron chi connectivity index (χ3n) is 2.10. The van der Waals surface area contributed by atoms with Gasteiger partial charge in [0.15, 0.2) is 5.06 Å². The molecule has 0 saturated heterocycles. The van der Waals surface area contributed by atoms with E-state index >= 15 is 0 Å². The Hall–Kier alpha value is -0.740. The lowest BCUT2D eigenvalue weighted by Gasteiger charge is -1.96. The fraction of sp³-hybridized carbons (Fsp3) is 0.200. The van der Waals surface area contributed by atoms with Gasteiger partial charge in [-0.1, -0.05) is 39.4 Å². The van der Waals surface area contributed by atoms with E-state index < -0.39 is 0 Å². The smallest absolute Gasteiger partial charge is 0.198 e. The summed E-state index contributed by atoms with van der Waals surface area (Å²) in [5.41, 5.74) is 7.91. The van der Waals surface area contributed by atoms with Crippen molar-refractivity contribution in [1.82, 2.24) is 0 Å². The van der Waals surface area contributed by atoms with Gasteiger partial charge in [0, 0.05) is 15.4 Å². The molecule has 1 aromatic heterocycles. The van der Waals surface area contributed by atoms with Crippen LogP contribution in [0, 0.1) is 0 Å². The Bertz CT molecular complexity index is 466. The zero-order valence-corrected chi connectivity index (χ0v) is 10.1. The van der Waals surface area contributed by atoms with Crippen molar-refractivity contribution in [3.8, 4) is 5.06 Å². The van der Waals surface area contributed by atoms with E-state index in [0.29, 0.717) is 0 Å². The van der Waals surface area contributed by atoms with Gasteiger partial charge in [-0.05, 0) is 11.6 Å². The van der Waals surface area contributed by atoms with Gasteiger partial charge in [-0.15, -0.1) is 0 Å². The zero-order valence-electron chi connectivity index (χ0n) is 7.71. The lowest BCUT2D eigenvalue weighted by molar-refractivity contribution is 0.429. The van der Waals surface area contributed by atoms with Crippen LogP contribution in [0.4, 0.5) is 5.69 Å². The maximum atomic E-state index is 5.91. The first kappa shape index (κ1) is 9.80. The van der Waals surface area contributed by atoms with E-state index in [1.54, 1.807) is 18.4 Å². The van der Waals surface area contributed by atoms with Crippen LogP contribution in [0.25, 0.3) is 10.1 Å². The number of hydrogen-bond donors (Lipinski definition) is 1. The highest BCUT2D eigenvalue weighted by Gasteiger charge is 2.09. The van der Waals surface area contributed by atoms with Gasteiger partial charge in [-0.25, -0.2) is 0 Å². The second-order valence-electron chi connectivity index (χ2n) is 2.97. The molecule has 0 radical (unpaired) electrons. The summed E-state index contributed by atoms with van der Waals surface area (Å²) >= 11 is 5.01. The standard InChI is InChI=1S/C10H10BrNOS/c1-13-10-9(12)7-3-2-6(5-11)4-8(7)14-10/h2-4H,5,12H2,1H3. The minimum atomic E-state index is 0.744. The number of nitrogens with two attached hydrogens (primary N) is 1. The lowest BCUT2D eigenvalue weighted by atomic mass is 10.2. The minimum Gasteiger partial charge on any atom is -0.486 e. The molecular formula is C10H10BrNOS. The van der Waals surface area contributed by atoms with E-state index in [9.17, 15) is 0 Å². The number of anilines is 1. The van der Waals surface area contributed by atoms with Crippen molar-refractivity contribution in [3.05, 3.63) is 23.8 Å². The molecule has 2 N–H and O–H groups in total. The fourth-order valence-electron chi connectivity index (χ4n) is 1.37. The number of ether oxygens (including phenoxy) is 1. The number of benzene rings is 1. The molecule has 0 amide bonds. The first-order valence-electron chi connectivity index (χ1n) is 4.17. The van der Waals surface area contributed by atoms with Crippen molar-refractivity contribution in [1.29, 1.82) is 0 Å². The van der Waals surface area contributed by atoms with Gasteiger partial charge in [0.1, 0.15) is 0 Å². The second kappa shape index (κ2) is 3.79. The highest BCUT2D eigenvalue weighted by molar-refractivity contribution is 9.08. The van der Waals surface area contributed by atoms with Crippen LogP contribution in [0.5, 0.6) is 5.06 Å². The van der Waals surface area contributed by atoms with Crippen LogP contribution in [0.15, 0.2) is 18.2 Å². The van der Waals surface area contributed by atoms with E-state index in [4.69, 9.17) is 10.5 Å². The monoisotopic (exact) mass is 271 g/mol. The van der Waals surface area contributed by atoms with Crippen LogP contribution in [0.3, 0.4) is 0 Å². The number of fused-ring (bicyclic) bond motifs is 1. The SMILES string of the molecule is COc1sc2cc(CBr)ccc2c1N. The first-order chi connectivity index (χ1) is 6.76. The molecule has 2 rings (SSSR count). The van der Waals surface area contributed by atoms with Crippen LogP contribution in [0.1, 0.15) is 5.56 Å². The quantitative estimate of drug-likeness (QED) is 0.850. The van der Waals surface area contributed by atoms with Crippen molar-refractivity contribution in [2.75, 3.05) is 12.8 Å². The average molecular weight is 272 g/mol. The fourth-order valence-corrected chi connectivity index (χ4v) is 2.72. The summed E-state index contributed by atoms with van der Waals surface area (Å²) in [5.74, 6) is 0. The summed E-state index contributed by atoms with van der Waals surface area (Å²) in [7, 11) is 1.65. The predicted molar refractivity (Wildman–Crippen MR) is 65.4 cm³/mol. The molecule has 0 aliphatic heterocycles. The topological polar surface area (TPSA) is 35.2 Å². The van der Waals surface area contributed by atoms with Crippen molar-refractivity contribution < 1.29 is 4.74 Å². The summed E-state index contributed by atoms with van der Waals surface area (Å²) in [4.78, 5) is 0. The Labute approximate surface area is 94.8 Å². The Kier molecular flexibility index (Phi) is 2.65. The van der Waals surface area contributed by atoms with Gasteiger partial charge < -0.3 is 10.5 Å². The highest BCUT2D eigenvalue weighted by atomic mass is 79.9. The molecule has 0 atom stereocenters. The maximum Gasteiger partial charge on any atom is 0.198 e. The minimum absolute atomic E-state index is 0.744. The van der Waals surface area contributed by atoms with Crippen LogP contribution in [-0.4, -0.2) is 7.11 Å². The summed E-state index contributed by atoms with van der Waals surface area (Å²) in [6.07, 6.45) is 0. The summed E-state index contributed by atoms with van der Waals surface area (Å²) in [5, 5.41) is 2.74. The van der Waals surface area contributed by atoms with Crippen molar-refractivity contribution in [2.45, 2.75) is 5.33 Å². The normalized spacial score (nSPS) is 10.7. The average Bonchev–Trinajstić information content (AvgIpc) is 2.55. The molecule has 0 aliphatic carbocycles. The Morgan fingerprint density at radius 1 is 1.50 bits per heavy atom. The summed E-state index contributed by atoms with van der Waals surface area (Å²) in [6.45, 7) is 0. The largest absolute Gasteiger partial charge is 0.486 e. The van der Waals surface area contributed by atoms with Gasteiger partial charge >= 0.3 is 0 Å². The van der Waals surface area contributed by atoms with E-state index in [-0.39, 0.29) is 0 Å². The number of methoxy groups -OCH3 is 1. The molecule has 14 heavy (non-hydrogen) atoms. The summed E-state index contributed by atoms with van der Waals surface area (Å²) in [6, 6.07) is 6.24. The Balaban J connectivity index is 2.66. The second-order valence-corrected chi connectivity index (χ2v) is 4.55. The molecule has 4 heteroatoms. The number of thiophene rings is 1. The van der Waals surface area contributed by atoms with Gasteiger partial charge in [-0.2, -0.15) is 0 Å². The number of nitrogen functional groups attached to an aromatic ring is 1. The highest BCUT2D eigenvalue weighted by Crippen LogP contribution is 2.40. The van der Waals surface area contributed by atoms with Crippen LogP contribution in [-0.2, 0) is 5.33 Å². The molecule has 0 spiro atoms. The van der Waals surface area contributed by atoms with Gasteiger partial charge in [0.2, 0.25) is 0 Å². The van der Waals surface area contributed by atoms with Gasteiger partial charge in [0.25, 0.3) is 0 Å².